The zero-order valence-electron chi connectivity index (χ0n) is 8.23. The summed E-state index contributed by atoms with van der Waals surface area (Å²) in [5.74, 6) is 0.615. The number of aromatic nitrogens is 1. The number of nitrogen functional groups attached to an aromatic ring is 1. The number of nitrogens with one attached hydrogen (secondary N) is 1. The van der Waals surface area contributed by atoms with E-state index in [9.17, 15) is 0 Å². The van der Waals surface area contributed by atoms with Crippen LogP contribution in [0, 0.1) is 11.3 Å². The number of nitrogens with two attached hydrogens (primary N) is 1. The van der Waals surface area contributed by atoms with Crippen molar-refractivity contribution in [1.82, 2.24) is 4.98 Å². The highest BCUT2D eigenvalue weighted by atomic mass is 16.5. The molecule has 0 aromatic carbocycles. The van der Waals surface area contributed by atoms with E-state index in [0.717, 1.165) is 13.0 Å². The van der Waals surface area contributed by atoms with Crippen molar-refractivity contribution in [2.45, 2.75) is 12.5 Å². The standard InChI is InChI=1S/C10H12N4O/c11-4-7-3-9(12)10(13-5-7)14-6-8-1-2-15-8/h3,5,8H,1-2,6,12H2,(H,13,14)/t8-/m0/s1. The van der Waals surface area contributed by atoms with Crippen molar-refractivity contribution >= 4 is 11.5 Å². The summed E-state index contributed by atoms with van der Waals surface area (Å²) in [6.45, 7) is 1.55. The van der Waals surface area contributed by atoms with Crippen molar-refractivity contribution in [3.63, 3.8) is 0 Å². The summed E-state index contributed by atoms with van der Waals surface area (Å²) < 4.78 is 5.25. The van der Waals surface area contributed by atoms with Gasteiger partial charge in [0.15, 0.2) is 0 Å². The fourth-order valence-corrected chi connectivity index (χ4v) is 1.35. The fourth-order valence-electron chi connectivity index (χ4n) is 1.35. The Morgan fingerprint density at radius 1 is 1.73 bits per heavy atom. The Bertz CT molecular complexity index is 395. The summed E-state index contributed by atoms with van der Waals surface area (Å²) in [6, 6.07) is 3.60. The van der Waals surface area contributed by atoms with Crippen LogP contribution in [0.4, 0.5) is 11.5 Å². The first-order valence-electron chi connectivity index (χ1n) is 4.80. The molecule has 5 heteroatoms. The van der Waals surface area contributed by atoms with Gasteiger partial charge < -0.3 is 15.8 Å². The number of pyridine rings is 1. The molecule has 5 nitrogen and oxygen atoms in total. The first-order chi connectivity index (χ1) is 7.29. The van der Waals surface area contributed by atoms with E-state index >= 15 is 0 Å². The molecule has 15 heavy (non-hydrogen) atoms. The number of nitrogens with zero attached hydrogens (tertiary/aromatic N) is 2. The normalized spacial score (nSPS) is 19.0. The van der Waals surface area contributed by atoms with Gasteiger partial charge in [0.25, 0.3) is 0 Å². The van der Waals surface area contributed by atoms with E-state index in [1.165, 1.54) is 6.20 Å². The molecule has 0 radical (unpaired) electrons. The number of ether oxygens (including phenoxy) is 1. The summed E-state index contributed by atoms with van der Waals surface area (Å²) in [5, 5.41) is 11.7. The predicted molar refractivity (Wildman–Crippen MR) is 56.2 cm³/mol. The lowest BCUT2D eigenvalue weighted by Gasteiger charge is -2.26. The first-order valence-corrected chi connectivity index (χ1v) is 4.80. The number of hydrogen-bond donors (Lipinski definition) is 2. The Morgan fingerprint density at radius 2 is 2.53 bits per heavy atom. The molecular formula is C10H12N4O. The minimum Gasteiger partial charge on any atom is -0.396 e. The Hall–Kier alpha value is -1.80. The number of rotatable bonds is 3. The third-order valence-corrected chi connectivity index (χ3v) is 2.34. The average Bonchev–Trinajstić information content (AvgIpc) is 2.18. The van der Waals surface area contributed by atoms with Crippen molar-refractivity contribution in [2.75, 3.05) is 24.2 Å². The second kappa shape index (κ2) is 4.15. The molecule has 0 amide bonds. The molecule has 1 aliphatic heterocycles. The van der Waals surface area contributed by atoms with Crippen LogP contribution in [0.3, 0.4) is 0 Å². The SMILES string of the molecule is N#Cc1cnc(NC[C@@H]2CCO2)c(N)c1. The Balaban J connectivity index is 1.98. The van der Waals surface area contributed by atoms with Gasteiger partial charge in [0.05, 0.1) is 17.4 Å². The zero-order chi connectivity index (χ0) is 10.7. The van der Waals surface area contributed by atoms with Crippen LogP contribution in [0.5, 0.6) is 0 Å². The van der Waals surface area contributed by atoms with Gasteiger partial charge in [-0.25, -0.2) is 4.98 Å². The van der Waals surface area contributed by atoms with Crippen LogP contribution < -0.4 is 11.1 Å². The van der Waals surface area contributed by atoms with Gasteiger partial charge in [0, 0.05) is 19.3 Å². The van der Waals surface area contributed by atoms with E-state index in [1.54, 1.807) is 6.07 Å². The lowest BCUT2D eigenvalue weighted by molar-refractivity contribution is -0.0410. The lowest BCUT2D eigenvalue weighted by Crippen LogP contribution is -2.33. The van der Waals surface area contributed by atoms with Crippen molar-refractivity contribution in [1.29, 1.82) is 5.26 Å². The van der Waals surface area contributed by atoms with Crippen LogP contribution in [0.1, 0.15) is 12.0 Å². The molecule has 78 valence electrons. The third kappa shape index (κ3) is 2.17. The van der Waals surface area contributed by atoms with Gasteiger partial charge in [-0.2, -0.15) is 5.26 Å². The van der Waals surface area contributed by atoms with Gasteiger partial charge in [-0.3, -0.25) is 0 Å². The average molecular weight is 204 g/mol. The molecule has 0 saturated carbocycles. The van der Waals surface area contributed by atoms with Crippen LogP contribution in [0.2, 0.25) is 0 Å². The number of hydrogen-bond acceptors (Lipinski definition) is 5. The molecule has 2 rings (SSSR count). The Morgan fingerprint density at radius 3 is 3.07 bits per heavy atom. The molecule has 1 aromatic rings. The molecule has 2 heterocycles. The van der Waals surface area contributed by atoms with E-state index in [-0.39, 0.29) is 6.10 Å². The van der Waals surface area contributed by atoms with E-state index < -0.39 is 0 Å². The van der Waals surface area contributed by atoms with Gasteiger partial charge in [-0.05, 0) is 12.5 Å². The first kappa shape index (κ1) is 9.74. The van der Waals surface area contributed by atoms with Gasteiger partial charge in [0.1, 0.15) is 11.9 Å². The number of nitriles is 1. The smallest absolute Gasteiger partial charge is 0.149 e. The second-order valence-corrected chi connectivity index (χ2v) is 3.44. The molecule has 1 aliphatic rings. The maximum absolute atomic E-state index is 8.63. The summed E-state index contributed by atoms with van der Waals surface area (Å²) >= 11 is 0. The van der Waals surface area contributed by atoms with Gasteiger partial charge in [-0.1, -0.05) is 0 Å². The van der Waals surface area contributed by atoms with Gasteiger partial charge in [-0.15, -0.1) is 0 Å². The van der Waals surface area contributed by atoms with Crippen LogP contribution >= 0.6 is 0 Å². The van der Waals surface area contributed by atoms with Crippen LogP contribution in [0.15, 0.2) is 12.3 Å². The van der Waals surface area contributed by atoms with Crippen molar-refractivity contribution in [3.8, 4) is 6.07 Å². The Kier molecular flexibility index (Phi) is 2.70. The molecule has 1 aromatic heterocycles. The van der Waals surface area contributed by atoms with Crippen molar-refractivity contribution in [3.05, 3.63) is 17.8 Å². The van der Waals surface area contributed by atoms with Crippen LogP contribution in [0.25, 0.3) is 0 Å². The van der Waals surface area contributed by atoms with Crippen molar-refractivity contribution < 1.29 is 4.74 Å². The summed E-state index contributed by atoms with van der Waals surface area (Å²) in [6.07, 6.45) is 2.84. The summed E-state index contributed by atoms with van der Waals surface area (Å²) in [7, 11) is 0. The predicted octanol–water partition coefficient (Wildman–Crippen LogP) is 0.736. The highest BCUT2D eigenvalue weighted by Gasteiger charge is 2.17. The molecular weight excluding hydrogens is 192 g/mol. The molecule has 0 aliphatic carbocycles. The van der Waals surface area contributed by atoms with E-state index in [0.29, 0.717) is 23.6 Å². The summed E-state index contributed by atoms with van der Waals surface area (Å²) in [4.78, 5) is 4.07. The van der Waals surface area contributed by atoms with Gasteiger partial charge in [0.2, 0.25) is 0 Å². The molecule has 1 saturated heterocycles. The van der Waals surface area contributed by atoms with E-state index in [2.05, 4.69) is 10.3 Å². The van der Waals surface area contributed by atoms with E-state index in [4.69, 9.17) is 15.7 Å². The lowest BCUT2D eigenvalue weighted by atomic mass is 10.2. The molecule has 0 bridgehead atoms. The minimum atomic E-state index is 0.266. The maximum Gasteiger partial charge on any atom is 0.149 e. The van der Waals surface area contributed by atoms with Gasteiger partial charge >= 0.3 is 0 Å². The topological polar surface area (TPSA) is 84.0 Å². The Labute approximate surface area is 87.9 Å². The largest absolute Gasteiger partial charge is 0.396 e. The second-order valence-electron chi connectivity index (χ2n) is 3.44. The highest BCUT2D eigenvalue weighted by Crippen LogP contribution is 2.17. The molecule has 1 atom stereocenters. The van der Waals surface area contributed by atoms with Crippen LogP contribution in [-0.2, 0) is 4.74 Å². The van der Waals surface area contributed by atoms with E-state index in [1.807, 2.05) is 6.07 Å². The highest BCUT2D eigenvalue weighted by molar-refractivity contribution is 5.63. The summed E-state index contributed by atoms with van der Waals surface area (Å²) in [5.41, 5.74) is 6.69. The van der Waals surface area contributed by atoms with Crippen molar-refractivity contribution in [2.24, 2.45) is 0 Å². The zero-order valence-corrected chi connectivity index (χ0v) is 8.23. The fraction of sp³-hybridized carbons (Fsp3) is 0.400. The molecule has 0 unspecified atom stereocenters. The third-order valence-electron chi connectivity index (χ3n) is 2.34. The molecule has 3 N–H and O–H groups in total. The quantitative estimate of drug-likeness (QED) is 0.758. The minimum absolute atomic E-state index is 0.266. The molecule has 0 spiro atoms. The monoisotopic (exact) mass is 204 g/mol. The van der Waals surface area contributed by atoms with Crippen LogP contribution in [-0.4, -0.2) is 24.2 Å². The maximum atomic E-state index is 8.63. The molecule has 1 fully saturated rings. The number of anilines is 2.